The first-order valence-electron chi connectivity index (χ1n) is 8.41. The number of benzene rings is 2. The van der Waals surface area contributed by atoms with E-state index in [1.165, 1.54) is 23.0 Å². The highest BCUT2D eigenvalue weighted by Gasteiger charge is 2.03. The number of carbonyl (C=O) groups is 1. The third-order valence-electron chi connectivity index (χ3n) is 3.99. The summed E-state index contributed by atoms with van der Waals surface area (Å²) in [6.45, 7) is 1.56. The van der Waals surface area contributed by atoms with Crippen molar-refractivity contribution in [2.45, 2.75) is 24.3 Å². The second-order valence-corrected chi connectivity index (χ2v) is 6.99. The molecule has 0 saturated heterocycles. The Kier molecular flexibility index (Phi) is 6.12. The Balaban J connectivity index is 1.33. The van der Waals surface area contributed by atoms with Gasteiger partial charge in [-0.15, -0.1) is 11.8 Å². The van der Waals surface area contributed by atoms with Crippen LogP contribution < -0.4 is 5.32 Å². The van der Waals surface area contributed by atoms with Gasteiger partial charge in [-0.1, -0.05) is 18.2 Å². The Morgan fingerprint density at radius 1 is 1.08 bits per heavy atom. The van der Waals surface area contributed by atoms with Crippen molar-refractivity contribution in [1.82, 2.24) is 9.88 Å². The van der Waals surface area contributed by atoms with E-state index in [0.29, 0.717) is 18.7 Å². The molecule has 0 spiro atoms. The number of amides is 1. The van der Waals surface area contributed by atoms with Crippen molar-refractivity contribution in [1.29, 1.82) is 0 Å². The number of fused-ring (bicyclic) bond motifs is 1. The number of aryl methyl sites for hydroxylation is 1. The maximum atomic E-state index is 12.8. The van der Waals surface area contributed by atoms with Crippen LogP contribution >= 0.6 is 11.8 Å². The summed E-state index contributed by atoms with van der Waals surface area (Å²) in [5.74, 6) is 0.518. The fraction of sp³-hybridized carbons (Fsp3) is 0.250. The van der Waals surface area contributed by atoms with Crippen LogP contribution in [0.25, 0.3) is 10.9 Å². The van der Waals surface area contributed by atoms with Crippen molar-refractivity contribution in [2.24, 2.45) is 0 Å². The van der Waals surface area contributed by atoms with Gasteiger partial charge in [0, 0.05) is 41.9 Å². The lowest BCUT2D eigenvalue weighted by atomic mass is 10.2. The molecule has 0 aliphatic rings. The smallest absolute Gasteiger partial charge is 0.220 e. The molecule has 1 heterocycles. The van der Waals surface area contributed by atoms with Crippen LogP contribution in [0.5, 0.6) is 0 Å². The van der Waals surface area contributed by atoms with Crippen molar-refractivity contribution in [3.8, 4) is 0 Å². The average molecular weight is 356 g/mol. The summed E-state index contributed by atoms with van der Waals surface area (Å²) in [6, 6.07) is 16.8. The zero-order chi connectivity index (χ0) is 17.5. The van der Waals surface area contributed by atoms with Crippen LogP contribution in [0.2, 0.25) is 0 Å². The van der Waals surface area contributed by atoms with Crippen molar-refractivity contribution < 1.29 is 9.18 Å². The summed E-state index contributed by atoms with van der Waals surface area (Å²) in [4.78, 5) is 12.9. The molecule has 2 aromatic carbocycles. The van der Waals surface area contributed by atoms with Crippen molar-refractivity contribution in [2.75, 3.05) is 12.3 Å². The number of halogens is 1. The van der Waals surface area contributed by atoms with Crippen LogP contribution in [0.15, 0.2) is 65.7 Å². The van der Waals surface area contributed by atoms with E-state index in [1.54, 1.807) is 23.9 Å². The van der Waals surface area contributed by atoms with Crippen molar-refractivity contribution >= 4 is 28.6 Å². The van der Waals surface area contributed by atoms with Crippen molar-refractivity contribution in [3.63, 3.8) is 0 Å². The number of hydrogen-bond acceptors (Lipinski definition) is 2. The first kappa shape index (κ1) is 17.5. The van der Waals surface area contributed by atoms with E-state index in [-0.39, 0.29) is 11.7 Å². The second kappa shape index (κ2) is 8.72. The minimum atomic E-state index is -0.238. The number of rotatable bonds is 8. The topological polar surface area (TPSA) is 34.0 Å². The molecule has 0 saturated carbocycles. The minimum absolute atomic E-state index is 0.0620. The third kappa shape index (κ3) is 5.10. The summed E-state index contributed by atoms with van der Waals surface area (Å²) >= 11 is 1.56. The fourth-order valence-corrected chi connectivity index (χ4v) is 3.55. The number of nitrogens with zero attached hydrogens (tertiary/aromatic N) is 1. The predicted octanol–water partition coefficient (Wildman–Crippen LogP) is 4.47. The van der Waals surface area contributed by atoms with E-state index in [2.05, 4.69) is 34.3 Å². The molecule has 5 heteroatoms. The molecule has 1 amide bonds. The minimum Gasteiger partial charge on any atom is -0.356 e. The van der Waals surface area contributed by atoms with Gasteiger partial charge in [0.2, 0.25) is 5.91 Å². The molecule has 1 N–H and O–H groups in total. The van der Waals surface area contributed by atoms with Crippen molar-refractivity contribution in [3.05, 3.63) is 66.6 Å². The number of hydrogen-bond donors (Lipinski definition) is 1. The zero-order valence-corrected chi connectivity index (χ0v) is 14.8. The molecule has 0 radical (unpaired) electrons. The molecule has 25 heavy (non-hydrogen) atoms. The first-order chi connectivity index (χ1) is 12.2. The molecule has 0 fully saturated rings. The highest BCUT2D eigenvalue weighted by Crippen LogP contribution is 2.18. The molecular weight excluding hydrogens is 335 g/mol. The summed E-state index contributed by atoms with van der Waals surface area (Å²) in [5.41, 5.74) is 1.23. The van der Waals surface area contributed by atoms with Gasteiger partial charge >= 0.3 is 0 Å². The molecule has 3 rings (SSSR count). The maximum Gasteiger partial charge on any atom is 0.220 e. The van der Waals surface area contributed by atoms with E-state index in [4.69, 9.17) is 0 Å². The normalized spacial score (nSPS) is 10.9. The molecule has 1 aromatic heterocycles. The zero-order valence-electron chi connectivity index (χ0n) is 14.0. The monoisotopic (exact) mass is 356 g/mol. The van der Waals surface area contributed by atoms with Crippen LogP contribution in [0.3, 0.4) is 0 Å². The molecule has 0 aliphatic heterocycles. The highest BCUT2D eigenvalue weighted by atomic mass is 32.2. The molecular formula is C20H21FN2OS. The lowest BCUT2D eigenvalue weighted by molar-refractivity contribution is -0.120. The van der Waals surface area contributed by atoms with Gasteiger partial charge in [-0.2, -0.15) is 0 Å². The van der Waals surface area contributed by atoms with Crippen LogP contribution in [-0.2, 0) is 11.3 Å². The van der Waals surface area contributed by atoms with Gasteiger partial charge in [0.15, 0.2) is 0 Å². The first-order valence-corrected chi connectivity index (χ1v) is 9.40. The van der Waals surface area contributed by atoms with E-state index < -0.39 is 0 Å². The largest absolute Gasteiger partial charge is 0.356 e. The fourth-order valence-electron chi connectivity index (χ4n) is 2.69. The molecule has 3 nitrogen and oxygen atoms in total. The molecule has 130 valence electrons. The van der Waals surface area contributed by atoms with Crippen LogP contribution in [0, 0.1) is 5.82 Å². The number of carbonyl (C=O) groups excluding carboxylic acids is 1. The Hall–Kier alpha value is -2.27. The van der Waals surface area contributed by atoms with E-state index in [9.17, 15) is 9.18 Å². The van der Waals surface area contributed by atoms with E-state index >= 15 is 0 Å². The van der Waals surface area contributed by atoms with E-state index in [0.717, 1.165) is 17.9 Å². The maximum absolute atomic E-state index is 12.8. The molecule has 0 bridgehead atoms. The van der Waals surface area contributed by atoms with E-state index in [1.807, 2.05) is 12.1 Å². The highest BCUT2D eigenvalue weighted by molar-refractivity contribution is 7.99. The summed E-state index contributed by atoms with van der Waals surface area (Å²) < 4.78 is 15.0. The van der Waals surface area contributed by atoms with Crippen LogP contribution in [-0.4, -0.2) is 22.8 Å². The van der Waals surface area contributed by atoms with Gasteiger partial charge in [0.05, 0.1) is 0 Å². The molecule has 0 unspecified atom stereocenters. The lowest BCUT2D eigenvalue weighted by Gasteiger charge is -2.07. The second-order valence-electron chi connectivity index (χ2n) is 5.82. The molecule has 3 aromatic rings. The van der Waals surface area contributed by atoms with Crippen LogP contribution in [0.1, 0.15) is 12.8 Å². The van der Waals surface area contributed by atoms with Gasteiger partial charge in [0.25, 0.3) is 0 Å². The summed E-state index contributed by atoms with van der Waals surface area (Å²) in [5, 5.41) is 4.20. The number of nitrogens with one attached hydrogen (secondary N) is 1. The van der Waals surface area contributed by atoms with Gasteiger partial charge in [0.1, 0.15) is 5.82 Å². The lowest BCUT2D eigenvalue weighted by Crippen LogP contribution is -2.25. The Labute approximate surface area is 151 Å². The Morgan fingerprint density at radius 2 is 1.88 bits per heavy atom. The third-order valence-corrected chi connectivity index (χ3v) is 5.00. The summed E-state index contributed by atoms with van der Waals surface area (Å²) in [6.07, 6.45) is 3.45. The van der Waals surface area contributed by atoms with Crippen LogP contribution in [0.4, 0.5) is 4.39 Å². The van der Waals surface area contributed by atoms with Gasteiger partial charge in [-0.3, -0.25) is 4.79 Å². The number of aromatic nitrogens is 1. The average Bonchev–Trinajstić information content (AvgIpc) is 3.04. The number of para-hydroxylation sites is 1. The van der Waals surface area contributed by atoms with Gasteiger partial charge in [-0.05, 0) is 48.2 Å². The Bertz CT molecular complexity index is 829. The summed E-state index contributed by atoms with van der Waals surface area (Å²) in [7, 11) is 0. The quantitative estimate of drug-likeness (QED) is 0.477. The number of thioether (sulfide) groups is 1. The predicted molar refractivity (Wildman–Crippen MR) is 101 cm³/mol. The standard InChI is InChI=1S/C20H21FN2OS/c21-17-6-8-18(9-7-17)25-15-11-20(24)22-12-3-13-23-14-10-16-4-1-2-5-19(16)23/h1-2,4-10,14H,3,11-13,15H2,(H,22,24). The molecule has 0 aliphatic carbocycles. The van der Waals surface area contributed by atoms with Gasteiger partial charge < -0.3 is 9.88 Å². The molecule has 0 atom stereocenters. The SMILES string of the molecule is O=C(CCSc1ccc(F)cc1)NCCCn1ccc2ccccc21. The Morgan fingerprint density at radius 3 is 2.72 bits per heavy atom. The van der Waals surface area contributed by atoms with Gasteiger partial charge in [-0.25, -0.2) is 4.39 Å².